The Hall–Kier alpha value is -1.42. The molecule has 1 heteroatoms. The molecule has 0 aliphatic heterocycles. The minimum absolute atomic E-state index is 0.238. The van der Waals surface area contributed by atoms with E-state index < -0.39 is 0 Å². The number of phenols is 1. The monoisotopic (exact) mass is 286 g/mol. The predicted octanol–water partition coefficient (Wildman–Crippen LogP) is 5.84. The van der Waals surface area contributed by atoms with Gasteiger partial charge in [-0.2, -0.15) is 0 Å². The first-order valence-electron chi connectivity index (χ1n) is 8.57. The van der Waals surface area contributed by atoms with E-state index in [0.717, 1.165) is 18.4 Å². The van der Waals surface area contributed by atoms with Crippen molar-refractivity contribution in [2.24, 2.45) is 0 Å². The largest absolute Gasteiger partial charge is 0.507 e. The first-order valence-corrected chi connectivity index (χ1v) is 8.57. The maximum atomic E-state index is 9.71. The number of aromatic hydroxyl groups is 1. The molecule has 1 aromatic rings. The Morgan fingerprint density at radius 3 is 2.05 bits per heavy atom. The second-order valence-electron chi connectivity index (χ2n) is 5.89. The number of rotatable bonds is 11. The summed E-state index contributed by atoms with van der Waals surface area (Å²) in [4.78, 5) is 0. The van der Waals surface area contributed by atoms with Crippen molar-refractivity contribution in [1.82, 2.24) is 0 Å². The number of phenolic OH excluding ortho intramolecular Hbond substituents is 1. The minimum Gasteiger partial charge on any atom is -0.507 e. The van der Waals surface area contributed by atoms with E-state index in [1.807, 2.05) is 12.1 Å². The normalized spacial score (nSPS) is 10.5. The summed E-state index contributed by atoms with van der Waals surface area (Å²) in [7, 11) is 0. The van der Waals surface area contributed by atoms with Crippen LogP contribution in [-0.4, -0.2) is 5.11 Å². The van der Waals surface area contributed by atoms with Gasteiger partial charge in [-0.05, 0) is 24.5 Å². The Morgan fingerprint density at radius 1 is 0.905 bits per heavy atom. The molecule has 1 nitrogen and oxygen atoms in total. The highest BCUT2D eigenvalue weighted by molar-refractivity contribution is 5.49. The molecule has 0 amide bonds. The van der Waals surface area contributed by atoms with E-state index in [1.54, 1.807) is 6.07 Å². The van der Waals surface area contributed by atoms with Crippen LogP contribution in [0.3, 0.4) is 0 Å². The summed E-state index contributed by atoms with van der Waals surface area (Å²) in [6, 6.07) is 5.57. The van der Waals surface area contributed by atoms with E-state index in [9.17, 15) is 5.11 Å². The molecule has 0 saturated carbocycles. The number of aryl methyl sites for hydroxylation is 1. The maximum Gasteiger partial charge on any atom is 0.131 e. The fourth-order valence-corrected chi connectivity index (χ4v) is 2.76. The lowest BCUT2D eigenvalue weighted by molar-refractivity contribution is 0.472. The predicted molar refractivity (Wildman–Crippen MR) is 91.6 cm³/mol. The van der Waals surface area contributed by atoms with Crippen LogP contribution in [0.1, 0.15) is 82.3 Å². The van der Waals surface area contributed by atoms with Crippen molar-refractivity contribution in [1.29, 1.82) is 0 Å². The van der Waals surface area contributed by atoms with Gasteiger partial charge in [0.1, 0.15) is 5.75 Å². The summed E-state index contributed by atoms with van der Waals surface area (Å²) in [6.45, 7) is 2.26. The highest BCUT2D eigenvalue weighted by atomic mass is 16.3. The quantitative estimate of drug-likeness (QED) is 0.400. The van der Waals surface area contributed by atoms with Crippen LogP contribution in [-0.2, 0) is 6.42 Å². The molecule has 1 N–H and O–H groups in total. The van der Waals surface area contributed by atoms with Gasteiger partial charge in [-0.1, -0.05) is 82.8 Å². The van der Waals surface area contributed by atoms with Gasteiger partial charge < -0.3 is 5.11 Å². The lowest BCUT2D eigenvalue weighted by Gasteiger charge is -2.06. The summed E-state index contributed by atoms with van der Waals surface area (Å²) < 4.78 is 0. The van der Waals surface area contributed by atoms with Crippen LogP contribution in [0.2, 0.25) is 0 Å². The molecule has 0 fully saturated rings. The van der Waals surface area contributed by atoms with E-state index in [2.05, 4.69) is 12.8 Å². The van der Waals surface area contributed by atoms with E-state index in [4.69, 9.17) is 6.42 Å². The van der Waals surface area contributed by atoms with Gasteiger partial charge in [-0.3, -0.25) is 0 Å². The van der Waals surface area contributed by atoms with Crippen LogP contribution in [0.25, 0.3) is 0 Å². The third-order valence-corrected chi connectivity index (χ3v) is 4.07. The van der Waals surface area contributed by atoms with Crippen LogP contribution in [0, 0.1) is 12.3 Å². The lowest BCUT2D eigenvalue weighted by atomic mass is 10.00. The zero-order valence-corrected chi connectivity index (χ0v) is 13.5. The molecule has 116 valence electrons. The molecule has 0 atom stereocenters. The van der Waals surface area contributed by atoms with Gasteiger partial charge in [0, 0.05) is 0 Å². The summed E-state index contributed by atoms with van der Waals surface area (Å²) in [5, 5.41) is 9.71. The second-order valence-corrected chi connectivity index (χ2v) is 5.89. The number of hydrogen-bond acceptors (Lipinski definition) is 1. The second kappa shape index (κ2) is 11.3. The van der Waals surface area contributed by atoms with E-state index in [1.165, 1.54) is 57.8 Å². The summed E-state index contributed by atoms with van der Waals surface area (Å²) in [5.74, 6) is 2.84. The number of benzene rings is 1. The zero-order valence-electron chi connectivity index (χ0n) is 13.5. The molecular weight excluding hydrogens is 256 g/mol. The van der Waals surface area contributed by atoms with E-state index in [0.29, 0.717) is 5.56 Å². The van der Waals surface area contributed by atoms with Gasteiger partial charge in [0.05, 0.1) is 5.56 Å². The molecule has 0 saturated heterocycles. The van der Waals surface area contributed by atoms with Gasteiger partial charge in [-0.15, -0.1) is 6.42 Å². The van der Waals surface area contributed by atoms with Crippen LogP contribution >= 0.6 is 0 Å². The van der Waals surface area contributed by atoms with Gasteiger partial charge >= 0.3 is 0 Å². The summed E-state index contributed by atoms with van der Waals surface area (Å²) in [6.07, 6.45) is 19.8. The molecule has 0 spiro atoms. The number of terminal acetylenes is 1. The maximum absolute atomic E-state index is 9.71. The van der Waals surface area contributed by atoms with E-state index in [-0.39, 0.29) is 5.75 Å². The van der Waals surface area contributed by atoms with Crippen LogP contribution in [0.5, 0.6) is 5.75 Å². The fraction of sp³-hybridized carbons (Fsp3) is 0.600. The Balaban J connectivity index is 2.07. The molecule has 0 aromatic heterocycles. The SMILES string of the molecule is C#Cc1c(O)cccc1CCCCCCCCCCCC. The Morgan fingerprint density at radius 2 is 1.48 bits per heavy atom. The number of hydrogen-bond donors (Lipinski definition) is 1. The van der Waals surface area contributed by atoms with Crippen LogP contribution in [0.4, 0.5) is 0 Å². The van der Waals surface area contributed by atoms with Gasteiger partial charge in [-0.25, -0.2) is 0 Å². The number of unbranched alkanes of at least 4 members (excludes halogenated alkanes) is 9. The molecular formula is C20H30O. The standard InChI is InChI=1S/C20H30O/c1-3-5-6-7-8-9-10-11-12-13-15-18-16-14-17-20(21)19(18)4-2/h2,14,16-17,21H,3,5-13,15H2,1H3. The van der Waals surface area contributed by atoms with Crippen molar-refractivity contribution in [3.05, 3.63) is 29.3 Å². The smallest absolute Gasteiger partial charge is 0.131 e. The van der Waals surface area contributed by atoms with Crippen molar-refractivity contribution in [3.63, 3.8) is 0 Å². The first kappa shape index (κ1) is 17.6. The fourth-order valence-electron chi connectivity index (χ4n) is 2.76. The molecule has 0 aliphatic carbocycles. The highest BCUT2D eigenvalue weighted by Gasteiger charge is 2.04. The Kier molecular flexibility index (Phi) is 9.46. The molecule has 0 heterocycles. The molecule has 1 rings (SSSR count). The van der Waals surface area contributed by atoms with E-state index >= 15 is 0 Å². The Bertz CT molecular complexity index is 428. The molecule has 21 heavy (non-hydrogen) atoms. The van der Waals surface area contributed by atoms with Crippen LogP contribution < -0.4 is 0 Å². The molecule has 1 aromatic carbocycles. The molecule has 0 aliphatic rings. The third kappa shape index (κ3) is 7.23. The molecule has 0 bridgehead atoms. The summed E-state index contributed by atoms with van der Waals surface area (Å²) in [5.41, 5.74) is 1.78. The molecule has 0 unspecified atom stereocenters. The summed E-state index contributed by atoms with van der Waals surface area (Å²) >= 11 is 0. The van der Waals surface area contributed by atoms with Crippen molar-refractivity contribution < 1.29 is 5.11 Å². The van der Waals surface area contributed by atoms with Crippen LogP contribution in [0.15, 0.2) is 18.2 Å². The van der Waals surface area contributed by atoms with Crippen molar-refractivity contribution >= 4 is 0 Å². The highest BCUT2D eigenvalue weighted by Crippen LogP contribution is 2.21. The van der Waals surface area contributed by atoms with Crippen molar-refractivity contribution in [3.8, 4) is 18.1 Å². The minimum atomic E-state index is 0.238. The average Bonchev–Trinajstić information content (AvgIpc) is 2.49. The topological polar surface area (TPSA) is 20.2 Å². The average molecular weight is 286 g/mol. The zero-order chi connectivity index (χ0) is 15.3. The van der Waals surface area contributed by atoms with Gasteiger partial charge in [0.15, 0.2) is 0 Å². The van der Waals surface area contributed by atoms with Gasteiger partial charge in [0.25, 0.3) is 0 Å². The molecule has 0 radical (unpaired) electrons. The van der Waals surface area contributed by atoms with Crippen molar-refractivity contribution in [2.45, 2.75) is 77.6 Å². The first-order chi connectivity index (χ1) is 10.3. The van der Waals surface area contributed by atoms with Gasteiger partial charge in [0.2, 0.25) is 0 Å². The lowest BCUT2D eigenvalue weighted by Crippen LogP contribution is -1.91. The van der Waals surface area contributed by atoms with Crippen molar-refractivity contribution in [2.75, 3.05) is 0 Å². The third-order valence-electron chi connectivity index (χ3n) is 4.07. The Labute approximate surface area is 130 Å².